The van der Waals surface area contributed by atoms with E-state index in [9.17, 15) is 0 Å². The minimum absolute atomic E-state index is 0.0528. The zero-order valence-corrected chi connectivity index (χ0v) is 41.5. The molecule has 0 heterocycles. The van der Waals surface area contributed by atoms with Crippen LogP contribution < -0.4 is 4.74 Å². The molecule has 1 rings (SSSR count). The first-order valence-electron chi connectivity index (χ1n) is 25.9. The number of rotatable bonds is 41. The van der Waals surface area contributed by atoms with Crippen molar-refractivity contribution in [2.24, 2.45) is 5.41 Å². The monoisotopic (exact) mass is 851 g/mol. The quantitative estimate of drug-likeness (QED) is 0.0345. The van der Waals surface area contributed by atoms with Gasteiger partial charge >= 0.3 is 0 Å². The van der Waals surface area contributed by atoms with Gasteiger partial charge in [-0.1, -0.05) is 253 Å². The minimum atomic E-state index is 0.0528. The second kappa shape index (κ2) is 47.3. The molecule has 0 fully saturated rings. The van der Waals surface area contributed by atoms with E-state index in [4.69, 9.17) is 24.9 Å². The van der Waals surface area contributed by atoms with Crippen LogP contribution in [0.2, 0.25) is 0 Å². The number of aliphatic hydroxyl groups excluding tert-OH is 2. The van der Waals surface area contributed by atoms with Crippen LogP contribution in [0.15, 0.2) is 24.3 Å². The summed E-state index contributed by atoms with van der Waals surface area (Å²) in [5.74, 6) is 0.819. The molecule has 1 aromatic carbocycles. The lowest BCUT2D eigenvalue weighted by atomic mass is 9.72. The molecule has 0 aliphatic heterocycles. The Hall–Kier alpha value is -1.18. The molecule has 0 amide bonds. The summed E-state index contributed by atoms with van der Waals surface area (Å²) in [5.41, 5.74) is 1.80. The third kappa shape index (κ3) is 47.9. The Balaban J connectivity index is 0. The average molecular weight is 851 g/mol. The fraction of sp³-hybridized carbons (Fsp3) is 0.889. The summed E-state index contributed by atoms with van der Waals surface area (Å²) in [6.45, 7) is 18.3. The average Bonchev–Trinajstić information content (AvgIpc) is 3.22. The van der Waals surface area contributed by atoms with Crippen molar-refractivity contribution >= 4 is 0 Å². The van der Waals surface area contributed by atoms with Gasteiger partial charge in [0.05, 0.1) is 26.4 Å². The maximum Gasteiger partial charge on any atom is 0.119 e. The summed E-state index contributed by atoms with van der Waals surface area (Å²) >= 11 is 0. The van der Waals surface area contributed by atoms with Crippen LogP contribution in [0.1, 0.15) is 266 Å². The summed E-state index contributed by atoms with van der Waals surface area (Å²) in [5, 5.41) is 25.5. The van der Waals surface area contributed by atoms with Crippen molar-refractivity contribution in [2.45, 2.75) is 266 Å². The van der Waals surface area contributed by atoms with E-state index in [1.807, 2.05) is 12.1 Å². The summed E-state index contributed by atoms with van der Waals surface area (Å²) in [4.78, 5) is 4.07. The Morgan fingerprint density at radius 1 is 0.400 bits per heavy atom. The van der Waals surface area contributed by atoms with Crippen molar-refractivity contribution in [3.05, 3.63) is 29.8 Å². The maximum atomic E-state index is 8.71. The van der Waals surface area contributed by atoms with Crippen LogP contribution in [0.3, 0.4) is 0 Å². The number of hydrogen-bond acceptors (Lipinski definition) is 6. The van der Waals surface area contributed by atoms with E-state index in [2.05, 4.69) is 65.5 Å². The summed E-state index contributed by atoms with van der Waals surface area (Å²) in [6, 6.07) is 8.21. The first-order chi connectivity index (χ1) is 29.1. The highest BCUT2D eigenvalue weighted by molar-refractivity contribution is 5.31. The van der Waals surface area contributed by atoms with Gasteiger partial charge in [-0.15, -0.1) is 0 Å². The van der Waals surface area contributed by atoms with Gasteiger partial charge in [0.25, 0.3) is 0 Å². The van der Waals surface area contributed by atoms with Crippen LogP contribution in [-0.2, 0) is 15.0 Å². The molecule has 3 N–H and O–H groups in total. The van der Waals surface area contributed by atoms with Crippen molar-refractivity contribution in [2.75, 3.05) is 39.6 Å². The maximum absolute atomic E-state index is 8.71. The Morgan fingerprint density at radius 3 is 1.02 bits per heavy atom. The van der Waals surface area contributed by atoms with E-state index in [0.717, 1.165) is 31.6 Å². The highest BCUT2D eigenvalue weighted by atomic mass is 17.1. The molecular weight excluding hydrogens is 745 g/mol. The SMILES string of the molecule is CC(C)(C)CC(C)(C)c1ccc(OCCO)cc1.CCCCCCCCCCCCCCCCCCCCOO.CCCCCCCCCCCCCCCCOCCO. The number of aliphatic hydroxyl groups is 2. The molecule has 1 aromatic rings. The van der Waals surface area contributed by atoms with Gasteiger partial charge in [-0.25, -0.2) is 4.89 Å². The Kier molecular flexibility index (Phi) is 48.0. The van der Waals surface area contributed by atoms with Gasteiger partial charge in [0.1, 0.15) is 12.4 Å². The number of hydrogen-bond donors (Lipinski definition) is 3. The summed E-state index contributed by atoms with van der Waals surface area (Å²) in [7, 11) is 0. The van der Waals surface area contributed by atoms with Crippen LogP contribution in [0, 0.1) is 5.41 Å². The lowest BCUT2D eigenvalue weighted by Crippen LogP contribution is -2.24. The van der Waals surface area contributed by atoms with Gasteiger partial charge in [0, 0.05) is 6.61 Å². The van der Waals surface area contributed by atoms with Crippen molar-refractivity contribution in [3.8, 4) is 5.75 Å². The molecule has 0 aromatic heterocycles. The fourth-order valence-electron chi connectivity index (χ4n) is 8.23. The second-order valence-electron chi connectivity index (χ2n) is 19.5. The van der Waals surface area contributed by atoms with E-state index >= 15 is 0 Å². The summed E-state index contributed by atoms with van der Waals surface area (Å²) < 4.78 is 10.6. The molecule has 0 aliphatic rings. The van der Waals surface area contributed by atoms with Crippen molar-refractivity contribution in [1.29, 1.82) is 0 Å². The molecule has 0 bridgehead atoms. The molecular formula is C54H106O6. The fourth-order valence-corrected chi connectivity index (χ4v) is 8.23. The molecule has 0 saturated carbocycles. The predicted molar refractivity (Wildman–Crippen MR) is 262 cm³/mol. The van der Waals surface area contributed by atoms with Gasteiger partial charge in [0.15, 0.2) is 0 Å². The zero-order chi connectivity index (χ0) is 44.7. The summed E-state index contributed by atoms with van der Waals surface area (Å²) in [6.07, 6.45) is 45.5. The minimum Gasteiger partial charge on any atom is -0.491 e. The van der Waals surface area contributed by atoms with Crippen LogP contribution in [0.5, 0.6) is 5.75 Å². The molecule has 60 heavy (non-hydrogen) atoms. The Morgan fingerprint density at radius 2 is 0.717 bits per heavy atom. The van der Waals surface area contributed by atoms with Crippen LogP contribution >= 0.6 is 0 Å². The van der Waals surface area contributed by atoms with Crippen LogP contribution in [0.25, 0.3) is 0 Å². The molecule has 6 nitrogen and oxygen atoms in total. The highest BCUT2D eigenvalue weighted by Gasteiger charge is 2.27. The first kappa shape index (κ1) is 60.9. The molecule has 0 unspecified atom stereocenters. The number of ether oxygens (including phenoxy) is 2. The van der Waals surface area contributed by atoms with Crippen molar-refractivity contribution in [3.63, 3.8) is 0 Å². The van der Waals surface area contributed by atoms with E-state index < -0.39 is 0 Å². The van der Waals surface area contributed by atoms with Crippen molar-refractivity contribution < 1.29 is 29.8 Å². The third-order valence-corrected chi connectivity index (χ3v) is 11.4. The van der Waals surface area contributed by atoms with Gasteiger partial charge in [-0.3, -0.25) is 5.26 Å². The zero-order valence-electron chi connectivity index (χ0n) is 41.5. The first-order valence-corrected chi connectivity index (χ1v) is 25.9. The smallest absolute Gasteiger partial charge is 0.119 e. The van der Waals surface area contributed by atoms with Gasteiger partial charge in [-0.2, -0.15) is 0 Å². The van der Waals surface area contributed by atoms with E-state index in [1.54, 1.807) is 0 Å². The molecule has 0 saturated heterocycles. The number of unbranched alkanes of at least 4 members (excludes halogenated alkanes) is 30. The highest BCUT2D eigenvalue weighted by Crippen LogP contribution is 2.36. The van der Waals surface area contributed by atoms with Gasteiger partial charge < -0.3 is 19.7 Å². The predicted octanol–water partition coefficient (Wildman–Crippen LogP) is 16.8. The lowest BCUT2D eigenvalue weighted by molar-refractivity contribution is -0.242. The van der Waals surface area contributed by atoms with Gasteiger partial charge in [0.2, 0.25) is 0 Å². The molecule has 0 spiro atoms. The lowest BCUT2D eigenvalue weighted by Gasteiger charge is -2.33. The number of benzene rings is 1. The molecule has 0 aliphatic carbocycles. The van der Waals surface area contributed by atoms with E-state index in [1.165, 1.54) is 198 Å². The standard InChI is InChI=1S/C20H42O2.C18H38O2.C16H26O2/c1-2-3-4-5-6-7-8-9-10-11-12-13-14-15-16-17-18-19-20-22-21;1-2-3-4-5-6-7-8-9-10-11-12-13-14-15-17-20-18-16-19;1-15(2,3)12-16(4,5)13-6-8-14(9-7-13)18-11-10-17/h21H,2-20H2,1H3;19H,2-18H2,1H3;6-9,17H,10-12H2,1-5H3. The molecule has 0 atom stereocenters. The van der Waals surface area contributed by atoms with Crippen LogP contribution in [-0.4, -0.2) is 55.1 Å². The Labute approximate surface area is 375 Å². The van der Waals surface area contributed by atoms with Gasteiger partial charge in [-0.05, 0) is 47.8 Å². The Bertz CT molecular complexity index is 889. The van der Waals surface area contributed by atoms with E-state index in [0.29, 0.717) is 25.2 Å². The molecule has 358 valence electrons. The third-order valence-electron chi connectivity index (χ3n) is 11.4. The van der Waals surface area contributed by atoms with E-state index in [-0.39, 0.29) is 18.6 Å². The molecule has 0 radical (unpaired) electrons. The second-order valence-corrected chi connectivity index (χ2v) is 19.5. The normalized spacial score (nSPS) is 11.6. The largest absolute Gasteiger partial charge is 0.491 e. The topological polar surface area (TPSA) is 88.4 Å². The van der Waals surface area contributed by atoms with Crippen LogP contribution in [0.4, 0.5) is 0 Å². The molecule has 6 heteroatoms. The van der Waals surface area contributed by atoms with Crippen molar-refractivity contribution in [1.82, 2.24) is 0 Å².